The van der Waals surface area contributed by atoms with Crippen molar-refractivity contribution in [3.63, 3.8) is 0 Å². The van der Waals surface area contributed by atoms with Gasteiger partial charge in [-0.25, -0.2) is 0 Å². The molecule has 4 unspecified atom stereocenters. The summed E-state index contributed by atoms with van der Waals surface area (Å²) >= 11 is 1.79. The van der Waals surface area contributed by atoms with E-state index in [0.717, 1.165) is 30.4 Å². The molecule has 2 amide bonds. The van der Waals surface area contributed by atoms with Gasteiger partial charge >= 0.3 is 0 Å². The molecule has 3 rings (SSSR count). The molecule has 0 aromatic carbocycles. The lowest BCUT2D eigenvalue weighted by molar-refractivity contribution is -0.140. The summed E-state index contributed by atoms with van der Waals surface area (Å²) in [6, 6.07) is 0. The van der Waals surface area contributed by atoms with Gasteiger partial charge in [0, 0.05) is 31.1 Å². The third-order valence-corrected chi connectivity index (χ3v) is 6.22. The van der Waals surface area contributed by atoms with Crippen molar-refractivity contribution < 1.29 is 9.59 Å². The van der Waals surface area contributed by atoms with Gasteiger partial charge in [-0.3, -0.25) is 19.5 Å². The molecule has 3 aliphatic rings. The minimum atomic E-state index is -0.110. The second-order valence-electron chi connectivity index (χ2n) is 6.88. The van der Waals surface area contributed by atoms with Gasteiger partial charge in [-0.05, 0) is 25.2 Å². The summed E-state index contributed by atoms with van der Waals surface area (Å²) in [6.45, 7) is 8.13. The molecule has 0 radical (unpaired) electrons. The van der Waals surface area contributed by atoms with E-state index in [9.17, 15) is 9.59 Å². The van der Waals surface area contributed by atoms with Crippen LogP contribution in [0.5, 0.6) is 0 Å². The van der Waals surface area contributed by atoms with Crippen molar-refractivity contribution in [2.75, 3.05) is 37.7 Å². The lowest BCUT2D eigenvalue weighted by atomic mass is 9.85. The first-order valence-electron chi connectivity index (χ1n) is 9.41. The number of imide groups is 1. The Labute approximate surface area is 182 Å². The summed E-state index contributed by atoms with van der Waals surface area (Å²) in [4.78, 5) is 31.3. The van der Waals surface area contributed by atoms with Crippen molar-refractivity contribution in [2.45, 2.75) is 13.3 Å². The Morgan fingerprint density at radius 3 is 2.56 bits per heavy atom. The number of likely N-dealkylation sites (tertiary alicyclic amines) is 1. The molecule has 0 aromatic rings. The first-order valence-corrected chi connectivity index (χ1v) is 10.6. The molecule has 27 heavy (non-hydrogen) atoms. The van der Waals surface area contributed by atoms with Crippen molar-refractivity contribution in [3.05, 3.63) is 24.8 Å². The molecule has 1 saturated carbocycles. The standard InChI is InChI=1S/C19H28N4O2S.HI/c1-3-10-26-11-8-22-19(20-4-2)21-7-9-23-17(24)15-13-5-6-14(12-13)16(15)18(23)25;/h3,5-6,13-16H,1,4,7-12H2,2H3,(H2,20,21,22);1H. The van der Waals surface area contributed by atoms with Gasteiger partial charge in [-0.1, -0.05) is 18.2 Å². The fraction of sp³-hybridized carbons (Fsp3) is 0.632. The second kappa shape index (κ2) is 10.5. The number of hydrogen-bond donors (Lipinski definition) is 2. The Bertz CT molecular complexity index is 595. The Balaban J connectivity index is 0.00000261. The van der Waals surface area contributed by atoms with Gasteiger partial charge in [-0.15, -0.1) is 30.6 Å². The molecule has 4 atom stereocenters. The van der Waals surface area contributed by atoms with Crippen molar-refractivity contribution >= 4 is 53.5 Å². The van der Waals surface area contributed by atoms with Gasteiger partial charge in [0.1, 0.15) is 0 Å². The topological polar surface area (TPSA) is 73.8 Å². The van der Waals surface area contributed by atoms with E-state index in [1.54, 1.807) is 11.8 Å². The van der Waals surface area contributed by atoms with Crippen LogP contribution in [-0.4, -0.2) is 60.4 Å². The molecule has 6 nitrogen and oxygen atoms in total. The summed E-state index contributed by atoms with van der Waals surface area (Å²) in [5.41, 5.74) is 0. The Kier molecular flexibility index (Phi) is 8.65. The fourth-order valence-corrected chi connectivity index (χ4v) is 4.75. The summed E-state index contributed by atoms with van der Waals surface area (Å²) in [5.74, 6) is 2.94. The van der Waals surface area contributed by atoms with Crippen LogP contribution in [0.15, 0.2) is 29.8 Å². The highest BCUT2D eigenvalue weighted by Gasteiger charge is 2.58. The van der Waals surface area contributed by atoms with E-state index in [1.807, 2.05) is 13.0 Å². The van der Waals surface area contributed by atoms with E-state index >= 15 is 0 Å². The average molecular weight is 504 g/mol. The molecule has 1 heterocycles. The number of hydrogen-bond acceptors (Lipinski definition) is 4. The molecule has 2 aliphatic carbocycles. The summed E-state index contributed by atoms with van der Waals surface area (Å²) in [6.07, 6.45) is 7.11. The van der Waals surface area contributed by atoms with E-state index in [-0.39, 0.29) is 59.5 Å². The number of thioether (sulfide) groups is 1. The Morgan fingerprint density at radius 2 is 1.96 bits per heavy atom. The van der Waals surface area contributed by atoms with Gasteiger partial charge in [0.25, 0.3) is 0 Å². The minimum absolute atomic E-state index is 0. The highest BCUT2D eigenvalue weighted by atomic mass is 127. The average Bonchev–Trinajstić information content (AvgIpc) is 3.31. The van der Waals surface area contributed by atoms with Gasteiger partial charge in [0.2, 0.25) is 11.8 Å². The first-order chi connectivity index (χ1) is 12.7. The van der Waals surface area contributed by atoms with Crippen molar-refractivity contribution in [2.24, 2.45) is 28.7 Å². The summed E-state index contributed by atoms with van der Waals surface area (Å²) in [5, 5.41) is 6.43. The summed E-state index contributed by atoms with van der Waals surface area (Å²) in [7, 11) is 0. The van der Waals surface area contributed by atoms with Crippen molar-refractivity contribution in [1.82, 2.24) is 15.5 Å². The molecule has 2 bridgehead atoms. The number of aliphatic imine (C=N–C) groups is 1. The number of allylic oxidation sites excluding steroid dienone is 2. The maximum Gasteiger partial charge on any atom is 0.233 e. The normalized spacial score (nSPS) is 28.3. The van der Waals surface area contributed by atoms with Crippen LogP contribution >= 0.6 is 35.7 Å². The maximum absolute atomic E-state index is 12.6. The molecule has 1 aliphatic heterocycles. The van der Waals surface area contributed by atoms with Crippen LogP contribution in [0.1, 0.15) is 13.3 Å². The first kappa shape index (κ1) is 22.3. The zero-order valence-electron chi connectivity index (χ0n) is 15.7. The lowest BCUT2D eigenvalue weighted by Crippen LogP contribution is -2.43. The number of rotatable bonds is 9. The zero-order valence-corrected chi connectivity index (χ0v) is 18.9. The predicted octanol–water partition coefficient (Wildman–Crippen LogP) is 1.89. The van der Waals surface area contributed by atoms with E-state index < -0.39 is 0 Å². The number of fused-ring (bicyclic) bond motifs is 5. The number of carbonyl (C=O) groups is 2. The van der Waals surface area contributed by atoms with Gasteiger partial charge in [0.05, 0.1) is 18.4 Å². The summed E-state index contributed by atoms with van der Waals surface area (Å²) < 4.78 is 0. The monoisotopic (exact) mass is 504 g/mol. The van der Waals surface area contributed by atoms with Gasteiger partial charge in [-0.2, -0.15) is 11.8 Å². The number of guanidine groups is 1. The molecule has 1 saturated heterocycles. The number of amides is 2. The molecule has 2 N–H and O–H groups in total. The Morgan fingerprint density at radius 1 is 1.30 bits per heavy atom. The van der Waals surface area contributed by atoms with Crippen molar-refractivity contribution in [3.8, 4) is 0 Å². The second-order valence-corrected chi connectivity index (χ2v) is 8.03. The SMILES string of the molecule is C=CCSCCN=C(NCC)NCCN1C(=O)C2C3C=CC(C3)C2C1=O.I. The van der Waals surface area contributed by atoms with Crippen LogP contribution in [0.3, 0.4) is 0 Å². The van der Waals surface area contributed by atoms with E-state index in [2.05, 4.69) is 34.4 Å². The van der Waals surface area contributed by atoms with Crippen LogP contribution in [0.2, 0.25) is 0 Å². The van der Waals surface area contributed by atoms with Crippen LogP contribution < -0.4 is 10.6 Å². The van der Waals surface area contributed by atoms with E-state index in [4.69, 9.17) is 0 Å². The van der Waals surface area contributed by atoms with Crippen LogP contribution in [0, 0.1) is 23.7 Å². The molecule has 0 aromatic heterocycles. The van der Waals surface area contributed by atoms with Crippen LogP contribution in [0.4, 0.5) is 0 Å². The highest BCUT2D eigenvalue weighted by molar-refractivity contribution is 14.0. The van der Waals surface area contributed by atoms with Crippen LogP contribution in [-0.2, 0) is 9.59 Å². The maximum atomic E-state index is 12.6. The zero-order chi connectivity index (χ0) is 18.5. The minimum Gasteiger partial charge on any atom is -0.357 e. The molecule has 0 spiro atoms. The lowest BCUT2D eigenvalue weighted by Gasteiger charge is -2.18. The molecule has 150 valence electrons. The number of nitrogens with zero attached hydrogens (tertiary/aromatic N) is 2. The molecule has 8 heteroatoms. The van der Waals surface area contributed by atoms with E-state index in [0.29, 0.717) is 19.6 Å². The molecular formula is C19H29IN4O2S. The van der Waals surface area contributed by atoms with Gasteiger partial charge in [0.15, 0.2) is 5.96 Å². The fourth-order valence-electron chi connectivity index (χ4n) is 4.20. The number of halogens is 1. The number of carbonyl (C=O) groups excluding carboxylic acids is 2. The molecule has 2 fully saturated rings. The number of nitrogens with one attached hydrogen (secondary N) is 2. The Hall–Kier alpha value is -1.03. The largest absolute Gasteiger partial charge is 0.357 e. The highest BCUT2D eigenvalue weighted by Crippen LogP contribution is 2.52. The van der Waals surface area contributed by atoms with E-state index in [1.165, 1.54) is 4.90 Å². The van der Waals surface area contributed by atoms with Crippen molar-refractivity contribution in [1.29, 1.82) is 0 Å². The third-order valence-electron chi connectivity index (χ3n) is 5.27. The van der Waals surface area contributed by atoms with Gasteiger partial charge < -0.3 is 10.6 Å². The third kappa shape index (κ3) is 4.88. The van der Waals surface area contributed by atoms with Crippen LogP contribution in [0.25, 0.3) is 0 Å². The molecular weight excluding hydrogens is 475 g/mol. The quantitative estimate of drug-likeness (QED) is 0.125. The smallest absolute Gasteiger partial charge is 0.233 e. The predicted molar refractivity (Wildman–Crippen MR) is 121 cm³/mol.